The van der Waals surface area contributed by atoms with Crippen LogP contribution in [0.2, 0.25) is 0 Å². The zero-order valence-electron chi connectivity index (χ0n) is 11.8. The molecule has 0 saturated heterocycles. The van der Waals surface area contributed by atoms with Gasteiger partial charge in [0.1, 0.15) is 5.82 Å². The average molecular weight is 274 g/mol. The molecule has 0 aliphatic heterocycles. The monoisotopic (exact) mass is 274 g/mol. The maximum absolute atomic E-state index is 12.9. The smallest absolute Gasteiger partial charge is 0.141 e. The summed E-state index contributed by atoms with van der Waals surface area (Å²) in [7, 11) is 1.70. The predicted octanol–water partition coefficient (Wildman–Crippen LogP) is 3.58. The van der Waals surface area contributed by atoms with Crippen molar-refractivity contribution in [3.63, 3.8) is 0 Å². The minimum Gasteiger partial charge on any atom is -0.384 e. The molecule has 0 fully saturated rings. The molecule has 0 amide bonds. The molecule has 0 aliphatic rings. The van der Waals surface area contributed by atoms with E-state index in [2.05, 4.69) is 16.4 Å². The Hall–Kier alpha value is -1.94. The van der Waals surface area contributed by atoms with Gasteiger partial charge in [-0.05, 0) is 37.1 Å². The third-order valence-corrected chi connectivity index (χ3v) is 3.16. The second kappa shape index (κ2) is 7.01. The molecular formula is C16H19FN2O. The van der Waals surface area contributed by atoms with Crippen molar-refractivity contribution in [2.45, 2.75) is 19.4 Å². The lowest BCUT2D eigenvalue weighted by Crippen LogP contribution is -2.10. The van der Waals surface area contributed by atoms with Crippen LogP contribution in [-0.4, -0.2) is 18.7 Å². The highest BCUT2D eigenvalue weighted by atomic mass is 19.1. The summed E-state index contributed by atoms with van der Waals surface area (Å²) in [5.74, 6) is -0.318. The first-order valence-corrected chi connectivity index (χ1v) is 6.65. The van der Waals surface area contributed by atoms with Crippen LogP contribution >= 0.6 is 0 Å². The van der Waals surface area contributed by atoms with Gasteiger partial charge in [-0.2, -0.15) is 0 Å². The number of nitrogens with zero attached hydrogens (tertiary/aromatic N) is 1. The van der Waals surface area contributed by atoms with Crippen LogP contribution in [0.1, 0.15) is 24.2 Å². The SMILES string of the molecule is COCCc1ccccc1NC(C)c1ccc(F)cn1. The zero-order valence-corrected chi connectivity index (χ0v) is 11.8. The average Bonchev–Trinajstić information content (AvgIpc) is 2.47. The Labute approximate surface area is 118 Å². The van der Waals surface area contributed by atoms with Gasteiger partial charge in [-0.1, -0.05) is 18.2 Å². The zero-order chi connectivity index (χ0) is 14.4. The number of halogens is 1. The lowest BCUT2D eigenvalue weighted by Gasteiger charge is -2.17. The maximum Gasteiger partial charge on any atom is 0.141 e. The van der Waals surface area contributed by atoms with Gasteiger partial charge < -0.3 is 10.1 Å². The molecule has 20 heavy (non-hydrogen) atoms. The van der Waals surface area contributed by atoms with Crippen LogP contribution in [0.3, 0.4) is 0 Å². The number of aromatic nitrogens is 1. The molecule has 2 rings (SSSR count). The van der Waals surface area contributed by atoms with Gasteiger partial charge in [0.25, 0.3) is 0 Å². The summed E-state index contributed by atoms with van der Waals surface area (Å²) in [5.41, 5.74) is 3.07. The van der Waals surface area contributed by atoms with Crippen LogP contribution in [0.4, 0.5) is 10.1 Å². The van der Waals surface area contributed by atoms with Gasteiger partial charge in [0.15, 0.2) is 0 Å². The van der Waals surface area contributed by atoms with E-state index in [0.717, 1.165) is 17.8 Å². The van der Waals surface area contributed by atoms with Crippen LogP contribution in [0.5, 0.6) is 0 Å². The number of nitrogens with one attached hydrogen (secondary N) is 1. The molecule has 1 aromatic heterocycles. The van der Waals surface area contributed by atoms with Crippen molar-refractivity contribution in [1.29, 1.82) is 0 Å². The van der Waals surface area contributed by atoms with E-state index in [1.807, 2.05) is 25.1 Å². The Morgan fingerprint density at radius 1 is 1.25 bits per heavy atom. The van der Waals surface area contributed by atoms with E-state index in [-0.39, 0.29) is 11.9 Å². The summed E-state index contributed by atoms with van der Waals surface area (Å²) in [5, 5.41) is 3.41. The first-order chi connectivity index (χ1) is 9.70. The van der Waals surface area contributed by atoms with Crippen LogP contribution in [0.25, 0.3) is 0 Å². The third-order valence-electron chi connectivity index (χ3n) is 3.16. The number of ether oxygens (including phenoxy) is 1. The van der Waals surface area contributed by atoms with E-state index in [1.165, 1.54) is 17.8 Å². The molecule has 0 spiro atoms. The van der Waals surface area contributed by atoms with Gasteiger partial charge >= 0.3 is 0 Å². The molecule has 1 atom stereocenters. The number of anilines is 1. The van der Waals surface area contributed by atoms with E-state index < -0.39 is 0 Å². The van der Waals surface area contributed by atoms with Crippen molar-refractivity contribution in [3.8, 4) is 0 Å². The second-order valence-corrected chi connectivity index (χ2v) is 4.67. The minimum absolute atomic E-state index is 0.0132. The maximum atomic E-state index is 12.9. The lowest BCUT2D eigenvalue weighted by molar-refractivity contribution is 0.202. The first-order valence-electron chi connectivity index (χ1n) is 6.65. The predicted molar refractivity (Wildman–Crippen MR) is 78.3 cm³/mol. The molecule has 0 radical (unpaired) electrons. The summed E-state index contributed by atoms with van der Waals surface area (Å²) in [4.78, 5) is 4.10. The molecule has 2 aromatic rings. The molecule has 1 heterocycles. The summed E-state index contributed by atoms with van der Waals surface area (Å²) < 4.78 is 18.0. The lowest BCUT2D eigenvalue weighted by atomic mass is 10.1. The van der Waals surface area contributed by atoms with Crippen LogP contribution in [0.15, 0.2) is 42.6 Å². The topological polar surface area (TPSA) is 34.1 Å². The van der Waals surface area contributed by atoms with E-state index in [0.29, 0.717) is 6.61 Å². The number of hydrogen-bond donors (Lipinski definition) is 1. The van der Waals surface area contributed by atoms with Gasteiger partial charge in [-0.3, -0.25) is 4.98 Å². The Bertz CT molecular complexity index is 542. The van der Waals surface area contributed by atoms with Crippen molar-refractivity contribution in [1.82, 2.24) is 4.98 Å². The van der Waals surface area contributed by atoms with Crippen molar-refractivity contribution in [2.75, 3.05) is 19.0 Å². The van der Waals surface area contributed by atoms with Crippen LogP contribution in [-0.2, 0) is 11.2 Å². The minimum atomic E-state index is -0.318. The first kappa shape index (κ1) is 14.5. The van der Waals surface area contributed by atoms with Gasteiger partial charge in [-0.15, -0.1) is 0 Å². The number of hydrogen-bond acceptors (Lipinski definition) is 3. The van der Waals surface area contributed by atoms with E-state index in [9.17, 15) is 4.39 Å². The van der Waals surface area contributed by atoms with E-state index >= 15 is 0 Å². The molecule has 0 saturated carbocycles. The van der Waals surface area contributed by atoms with Gasteiger partial charge in [0, 0.05) is 12.8 Å². The van der Waals surface area contributed by atoms with Crippen molar-refractivity contribution >= 4 is 5.69 Å². The van der Waals surface area contributed by atoms with Crippen molar-refractivity contribution in [3.05, 3.63) is 59.7 Å². The molecule has 1 N–H and O–H groups in total. The van der Waals surface area contributed by atoms with Crippen LogP contribution < -0.4 is 5.32 Å². The fourth-order valence-electron chi connectivity index (χ4n) is 2.04. The standard InChI is InChI=1S/C16H19FN2O/c1-12(15-8-7-14(17)11-18-15)19-16-6-4-3-5-13(16)9-10-20-2/h3-8,11-12,19H,9-10H2,1-2H3. The molecule has 4 heteroatoms. The molecular weight excluding hydrogens is 255 g/mol. The Morgan fingerprint density at radius 3 is 2.75 bits per heavy atom. The summed E-state index contributed by atoms with van der Waals surface area (Å²) in [6.07, 6.45) is 2.09. The van der Waals surface area contributed by atoms with Gasteiger partial charge in [-0.25, -0.2) is 4.39 Å². The quantitative estimate of drug-likeness (QED) is 0.874. The Balaban J connectivity index is 2.10. The van der Waals surface area contributed by atoms with Crippen molar-refractivity contribution < 1.29 is 9.13 Å². The largest absolute Gasteiger partial charge is 0.384 e. The molecule has 1 aromatic carbocycles. The third kappa shape index (κ3) is 3.78. The molecule has 0 aliphatic carbocycles. The number of pyridine rings is 1. The number of methoxy groups -OCH3 is 1. The molecule has 1 unspecified atom stereocenters. The highest BCUT2D eigenvalue weighted by Crippen LogP contribution is 2.22. The summed E-state index contributed by atoms with van der Waals surface area (Å²) in [6.45, 7) is 2.69. The normalized spacial score (nSPS) is 12.2. The van der Waals surface area contributed by atoms with Gasteiger partial charge in [0.2, 0.25) is 0 Å². The second-order valence-electron chi connectivity index (χ2n) is 4.67. The number of rotatable bonds is 6. The summed E-state index contributed by atoms with van der Waals surface area (Å²) in [6, 6.07) is 11.2. The Kier molecular flexibility index (Phi) is 5.07. The van der Waals surface area contributed by atoms with Gasteiger partial charge in [0.05, 0.1) is 24.5 Å². The highest BCUT2D eigenvalue weighted by molar-refractivity contribution is 5.52. The van der Waals surface area contributed by atoms with E-state index in [1.54, 1.807) is 13.2 Å². The van der Waals surface area contributed by atoms with E-state index in [4.69, 9.17) is 4.74 Å². The molecule has 3 nitrogen and oxygen atoms in total. The highest BCUT2D eigenvalue weighted by Gasteiger charge is 2.09. The fraction of sp³-hybridized carbons (Fsp3) is 0.312. The molecule has 0 bridgehead atoms. The Morgan fingerprint density at radius 2 is 2.05 bits per heavy atom. The number of para-hydroxylation sites is 1. The van der Waals surface area contributed by atoms with Crippen molar-refractivity contribution in [2.24, 2.45) is 0 Å². The number of benzene rings is 1. The van der Waals surface area contributed by atoms with Crippen LogP contribution in [0, 0.1) is 5.82 Å². The fourth-order valence-corrected chi connectivity index (χ4v) is 2.04. The molecule has 106 valence electrons. The summed E-state index contributed by atoms with van der Waals surface area (Å²) >= 11 is 0.